The van der Waals surface area contributed by atoms with Gasteiger partial charge in [0, 0.05) is 19.1 Å². The van der Waals surface area contributed by atoms with Gasteiger partial charge in [-0.3, -0.25) is 4.90 Å². The molecule has 2 rings (SSSR count). The molecule has 2 aliphatic rings. The van der Waals surface area contributed by atoms with Gasteiger partial charge in [-0.2, -0.15) is 0 Å². The number of likely N-dealkylation sites (N-methyl/N-ethyl adjacent to an activating group) is 1. The lowest BCUT2D eigenvalue weighted by molar-refractivity contribution is 0.0225. The van der Waals surface area contributed by atoms with Crippen LogP contribution in [-0.4, -0.2) is 69.8 Å². The Morgan fingerprint density at radius 2 is 2.00 bits per heavy atom. The van der Waals surface area contributed by atoms with Crippen molar-refractivity contribution in [3.63, 3.8) is 0 Å². The molecule has 0 aromatic heterocycles. The zero-order valence-corrected chi connectivity index (χ0v) is 13.5. The molecule has 0 spiro atoms. The molecule has 2 fully saturated rings. The Hall–Kier alpha value is -0.170. The molecule has 0 aromatic rings. The summed E-state index contributed by atoms with van der Waals surface area (Å²) in [4.78, 5) is 2.18. The first-order valence-corrected chi connectivity index (χ1v) is 9.59. The van der Waals surface area contributed by atoms with Crippen LogP contribution in [0.25, 0.3) is 0 Å². The molecule has 3 atom stereocenters. The van der Waals surface area contributed by atoms with Crippen molar-refractivity contribution in [3.8, 4) is 0 Å². The minimum Gasteiger partial charge on any atom is -0.372 e. The van der Waals surface area contributed by atoms with Crippen molar-refractivity contribution in [2.75, 3.05) is 38.2 Å². The van der Waals surface area contributed by atoms with Crippen LogP contribution in [0.1, 0.15) is 32.6 Å². The van der Waals surface area contributed by atoms with Crippen LogP contribution in [0.15, 0.2) is 0 Å². The largest absolute Gasteiger partial charge is 0.372 e. The van der Waals surface area contributed by atoms with Crippen molar-refractivity contribution < 1.29 is 13.2 Å². The Morgan fingerprint density at radius 1 is 1.25 bits per heavy atom. The molecule has 118 valence electrons. The lowest BCUT2D eigenvalue weighted by atomic mass is 10.1. The second-order valence-corrected chi connectivity index (χ2v) is 8.39. The van der Waals surface area contributed by atoms with Crippen LogP contribution in [0.4, 0.5) is 0 Å². The van der Waals surface area contributed by atoms with E-state index in [1.807, 2.05) is 7.05 Å². The van der Waals surface area contributed by atoms with Gasteiger partial charge < -0.3 is 10.1 Å². The van der Waals surface area contributed by atoms with Gasteiger partial charge >= 0.3 is 0 Å². The molecule has 0 radical (unpaired) electrons. The standard InChI is InChI=1S/C14H28N2O3S/c1-3-7-15-9-13-4-5-14(19-13)10-16(2)12-6-8-20(17,18)11-12/h12-15H,3-11H2,1-2H3. The molecular formula is C14H28N2O3S. The molecule has 3 unspecified atom stereocenters. The fourth-order valence-electron chi connectivity index (χ4n) is 3.10. The Balaban J connectivity index is 1.69. The van der Waals surface area contributed by atoms with E-state index in [-0.39, 0.29) is 12.1 Å². The minimum atomic E-state index is -2.79. The average Bonchev–Trinajstić information content (AvgIpc) is 2.96. The predicted molar refractivity (Wildman–Crippen MR) is 80.7 cm³/mol. The van der Waals surface area contributed by atoms with Crippen LogP contribution in [-0.2, 0) is 14.6 Å². The highest BCUT2D eigenvalue weighted by atomic mass is 32.2. The first-order chi connectivity index (χ1) is 9.50. The number of sulfone groups is 1. The fourth-order valence-corrected chi connectivity index (χ4v) is 4.90. The Labute approximate surface area is 123 Å². The van der Waals surface area contributed by atoms with Gasteiger partial charge in [-0.05, 0) is 39.3 Å². The molecule has 0 saturated carbocycles. The van der Waals surface area contributed by atoms with Crippen molar-refractivity contribution in [1.82, 2.24) is 10.2 Å². The van der Waals surface area contributed by atoms with Crippen LogP contribution in [0, 0.1) is 0 Å². The van der Waals surface area contributed by atoms with Gasteiger partial charge in [-0.1, -0.05) is 6.92 Å². The summed E-state index contributed by atoms with van der Waals surface area (Å²) in [6.45, 7) is 5.00. The first-order valence-electron chi connectivity index (χ1n) is 7.77. The molecule has 0 amide bonds. The van der Waals surface area contributed by atoms with Crippen molar-refractivity contribution in [1.29, 1.82) is 0 Å². The number of rotatable bonds is 7. The summed E-state index contributed by atoms with van der Waals surface area (Å²) in [5, 5.41) is 3.40. The summed E-state index contributed by atoms with van der Waals surface area (Å²) in [6, 6.07) is 0.181. The molecule has 2 saturated heterocycles. The Kier molecular flexibility index (Phi) is 5.84. The van der Waals surface area contributed by atoms with Crippen LogP contribution in [0.2, 0.25) is 0 Å². The summed E-state index contributed by atoms with van der Waals surface area (Å²) >= 11 is 0. The third-order valence-electron chi connectivity index (χ3n) is 4.32. The van der Waals surface area contributed by atoms with Gasteiger partial charge in [-0.25, -0.2) is 8.42 Å². The third kappa shape index (κ3) is 4.69. The number of hydrogen-bond acceptors (Lipinski definition) is 5. The van der Waals surface area contributed by atoms with Crippen LogP contribution >= 0.6 is 0 Å². The maximum absolute atomic E-state index is 11.5. The molecule has 6 heteroatoms. The molecule has 2 aliphatic heterocycles. The number of nitrogens with one attached hydrogen (secondary N) is 1. The van der Waals surface area contributed by atoms with Crippen LogP contribution in [0.5, 0.6) is 0 Å². The minimum absolute atomic E-state index is 0.181. The summed E-state index contributed by atoms with van der Waals surface area (Å²) in [5.74, 6) is 0.662. The first kappa shape index (κ1) is 16.2. The summed E-state index contributed by atoms with van der Waals surface area (Å²) in [5.41, 5.74) is 0. The Bertz CT molecular complexity index is 399. The van der Waals surface area contributed by atoms with E-state index in [0.717, 1.165) is 45.3 Å². The maximum Gasteiger partial charge on any atom is 0.151 e. The van der Waals surface area contributed by atoms with E-state index in [2.05, 4.69) is 17.1 Å². The Morgan fingerprint density at radius 3 is 2.65 bits per heavy atom. The molecule has 2 heterocycles. The van der Waals surface area contributed by atoms with Crippen molar-refractivity contribution in [2.45, 2.75) is 50.9 Å². The zero-order valence-electron chi connectivity index (χ0n) is 12.7. The molecule has 20 heavy (non-hydrogen) atoms. The topological polar surface area (TPSA) is 58.6 Å². The van der Waals surface area contributed by atoms with Crippen molar-refractivity contribution in [2.24, 2.45) is 0 Å². The monoisotopic (exact) mass is 304 g/mol. The highest BCUT2D eigenvalue weighted by molar-refractivity contribution is 7.91. The van der Waals surface area contributed by atoms with E-state index >= 15 is 0 Å². The normalized spacial score (nSPS) is 33.0. The molecule has 0 bridgehead atoms. The molecule has 1 N–H and O–H groups in total. The van der Waals surface area contributed by atoms with Crippen LogP contribution in [0.3, 0.4) is 0 Å². The second kappa shape index (κ2) is 7.20. The van der Waals surface area contributed by atoms with Gasteiger partial charge in [0.1, 0.15) is 0 Å². The molecule has 0 aliphatic carbocycles. The summed E-state index contributed by atoms with van der Waals surface area (Å²) in [6.07, 6.45) is 4.70. The lowest BCUT2D eigenvalue weighted by Crippen LogP contribution is -2.38. The van der Waals surface area contributed by atoms with Crippen LogP contribution < -0.4 is 5.32 Å². The highest BCUT2D eigenvalue weighted by Gasteiger charge is 2.33. The van der Waals surface area contributed by atoms with E-state index in [0.29, 0.717) is 17.6 Å². The van der Waals surface area contributed by atoms with E-state index in [1.165, 1.54) is 0 Å². The third-order valence-corrected chi connectivity index (χ3v) is 6.07. The van der Waals surface area contributed by atoms with Gasteiger partial charge in [0.15, 0.2) is 9.84 Å². The zero-order chi connectivity index (χ0) is 14.6. The van der Waals surface area contributed by atoms with Crippen molar-refractivity contribution in [3.05, 3.63) is 0 Å². The van der Waals surface area contributed by atoms with Gasteiger partial charge in [0.2, 0.25) is 0 Å². The fraction of sp³-hybridized carbons (Fsp3) is 1.00. The molecule has 5 nitrogen and oxygen atoms in total. The van der Waals surface area contributed by atoms with Gasteiger partial charge in [0.05, 0.1) is 23.7 Å². The summed E-state index contributed by atoms with van der Waals surface area (Å²) in [7, 11) is -0.767. The predicted octanol–water partition coefficient (Wildman–Crippen LogP) is 0.653. The average molecular weight is 304 g/mol. The summed E-state index contributed by atoms with van der Waals surface area (Å²) < 4.78 is 29.1. The smallest absolute Gasteiger partial charge is 0.151 e. The number of nitrogens with zero attached hydrogens (tertiary/aromatic N) is 1. The molecule has 0 aromatic carbocycles. The number of hydrogen-bond donors (Lipinski definition) is 1. The maximum atomic E-state index is 11.5. The number of ether oxygens (including phenoxy) is 1. The quantitative estimate of drug-likeness (QED) is 0.700. The highest BCUT2D eigenvalue weighted by Crippen LogP contribution is 2.22. The van der Waals surface area contributed by atoms with Crippen molar-refractivity contribution >= 4 is 9.84 Å². The SMILES string of the molecule is CCCNCC1CCC(CN(C)C2CCS(=O)(=O)C2)O1. The molecular weight excluding hydrogens is 276 g/mol. The van der Waals surface area contributed by atoms with E-state index in [4.69, 9.17) is 4.74 Å². The lowest BCUT2D eigenvalue weighted by Gasteiger charge is -2.26. The van der Waals surface area contributed by atoms with E-state index in [1.54, 1.807) is 0 Å². The second-order valence-electron chi connectivity index (χ2n) is 6.16. The van der Waals surface area contributed by atoms with Gasteiger partial charge in [0.25, 0.3) is 0 Å². The van der Waals surface area contributed by atoms with E-state index in [9.17, 15) is 8.42 Å². The van der Waals surface area contributed by atoms with E-state index < -0.39 is 9.84 Å². The van der Waals surface area contributed by atoms with Gasteiger partial charge in [-0.15, -0.1) is 0 Å².